The van der Waals surface area contributed by atoms with Gasteiger partial charge in [-0.15, -0.1) is 0 Å². The highest BCUT2D eigenvalue weighted by Gasteiger charge is 2.10. The van der Waals surface area contributed by atoms with Gasteiger partial charge in [-0.3, -0.25) is 14.6 Å². The predicted molar refractivity (Wildman–Crippen MR) is 108 cm³/mol. The first kappa shape index (κ1) is 17.6. The first-order valence-electron chi connectivity index (χ1n) is 8.92. The fraction of sp³-hybridized carbons (Fsp3) is 0.0909. The van der Waals surface area contributed by atoms with Crippen molar-refractivity contribution in [3.63, 3.8) is 0 Å². The third kappa shape index (κ3) is 3.81. The highest BCUT2D eigenvalue weighted by Crippen LogP contribution is 2.26. The number of aromatic nitrogens is 3. The van der Waals surface area contributed by atoms with Crippen LogP contribution in [0.25, 0.3) is 22.0 Å². The van der Waals surface area contributed by atoms with Gasteiger partial charge in [0, 0.05) is 30.6 Å². The zero-order chi connectivity index (χ0) is 19.3. The van der Waals surface area contributed by atoms with E-state index in [0.717, 1.165) is 21.9 Å². The lowest BCUT2D eigenvalue weighted by molar-refractivity contribution is -0.122. The van der Waals surface area contributed by atoms with Crippen LogP contribution in [0.2, 0.25) is 0 Å². The molecule has 0 aliphatic rings. The van der Waals surface area contributed by atoms with Gasteiger partial charge >= 0.3 is 0 Å². The summed E-state index contributed by atoms with van der Waals surface area (Å²) in [6.07, 6.45) is 3.34. The second-order valence-corrected chi connectivity index (χ2v) is 6.37. The van der Waals surface area contributed by atoms with Gasteiger partial charge in [-0.05, 0) is 34.5 Å². The van der Waals surface area contributed by atoms with Crippen molar-refractivity contribution in [2.24, 2.45) is 0 Å². The number of pyridine rings is 1. The van der Waals surface area contributed by atoms with Crippen LogP contribution in [0.5, 0.6) is 0 Å². The minimum atomic E-state index is -0.317. The predicted octanol–water partition coefficient (Wildman–Crippen LogP) is 2.77. The van der Waals surface area contributed by atoms with Crippen LogP contribution < -0.4 is 10.9 Å². The molecule has 28 heavy (non-hydrogen) atoms. The van der Waals surface area contributed by atoms with Crippen molar-refractivity contribution in [3.05, 3.63) is 95.0 Å². The lowest BCUT2D eigenvalue weighted by Crippen LogP contribution is -2.33. The van der Waals surface area contributed by atoms with Gasteiger partial charge in [0.25, 0.3) is 5.56 Å². The fourth-order valence-corrected chi connectivity index (χ4v) is 3.05. The van der Waals surface area contributed by atoms with Crippen LogP contribution in [0.15, 0.2) is 83.9 Å². The van der Waals surface area contributed by atoms with Gasteiger partial charge in [-0.25, -0.2) is 4.68 Å². The van der Waals surface area contributed by atoms with Crippen LogP contribution in [0.1, 0.15) is 5.56 Å². The number of hydrogen-bond donors (Lipinski definition) is 1. The number of carbonyl (C=O) groups excluding carboxylic acids is 1. The lowest BCUT2D eigenvalue weighted by atomic mass is 10.0. The molecule has 0 aliphatic carbocycles. The number of carbonyl (C=O) groups is 1. The largest absolute Gasteiger partial charge is 0.350 e. The standard InChI is InChI=1S/C22H18N4O2/c27-21(24-14-16-10-12-23-13-11-16)15-26-22(28)9-8-20(25-26)19-7-3-5-17-4-1-2-6-18(17)19/h1-13H,14-15H2,(H,24,27). The van der Waals surface area contributed by atoms with E-state index in [9.17, 15) is 9.59 Å². The van der Waals surface area contributed by atoms with Gasteiger partial charge < -0.3 is 5.32 Å². The summed E-state index contributed by atoms with van der Waals surface area (Å²) in [4.78, 5) is 28.4. The molecule has 1 N–H and O–H groups in total. The zero-order valence-corrected chi connectivity index (χ0v) is 15.1. The van der Waals surface area contributed by atoms with Crippen molar-refractivity contribution in [2.75, 3.05) is 0 Å². The topological polar surface area (TPSA) is 76.9 Å². The van der Waals surface area contributed by atoms with E-state index in [4.69, 9.17) is 0 Å². The third-order valence-electron chi connectivity index (χ3n) is 4.46. The second-order valence-electron chi connectivity index (χ2n) is 6.37. The number of nitrogens with one attached hydrogen (secondary N) is 1. The van der Waals surface area contributed by atoms with Crippen molar-refractivity contribution < 1.29 is 4.79 Å². The number of benzene rings is 2. The Morgan fingerprint density at radius 3 is 2.57 bits per heavy atom. The quantitative estimate of drug-likeness (QED) is 0.586. The summed E-state index contributed by atoms with van der Waals surface area (Å²) in [5.41, 5.74) is 2.19. The molecule has 0 fully saturated rings. The Hall–Kier alpha value is -3.80. The van der Waals surface area contributed by atoms with Crippen LogP contribution in [0.3, 0.4) is 0 Å². The maximum Gasteiger partial charge on any atom is 0.267 e. The van der Waals surface area contributed by atoms with Gasteiger partial charge in [-0.2, -0.15) is 5.10 Å². The number of amides is 1. The summed E-state index contributed by atoms with van der Waals surface area (Å²) in [5.74, 6) is -0.276. The third-order valence-corrected chi connectivity index (χ3v) is 4.46. The van der Waals surface area contributed by atoms with Crippen LogP contribution >= 0.6 is 0 Å². The fourth-order valence-electron chi connectivity index (χ4n) is 3.05. The van der Waals surface area contributed by atoms with Crippen LogP contribution in [0, 0.1) is 0 Å². The first-order valence-corrected chi connectivity index (χ1v) is 8.92. The molecular formula is C22H18N4O2. The van der Waals surface area contributed by atoms with Crippen molar-refractivity contribution in [1.29, 1.82) is 0 Å². The normalized spacial score (nSPS) is 10.7. The monoisotopic (exact) mass is 370 g/mol. The molecule has 6 heteroatoms. The minimum absolute atomic E-state index is 0.136. The van der Waals surface area contributed by atoms with Gasteiger partial charge in [0.1, 0.15) is 6.54 Å². The Morgan fingerprint density at radius 1 is 0.929 bits per heavy atom. The molecule has 6 nitrogen and oxygen atoms in total. The molecule has 2 aromatic heterocycles. The minimum Gasteiger partial charge on any atom is -0.350 e. The Labute approximate surface area is 161 Å². The van der Waals surface area contributed by atoms with E-state index in [1.165, 1.54) is 10.7 Å². The zero-order valence-electron chi connectivity index (χ0n) is 15.1. The van der Waals surface area contributed by atoms with E-state index < -0.39 is 0 Å². The summed E-state index contributed by atoms with van der Waals surface area (Å²) < 4.78 is 1.19. The molecule has 0 saturated carbocycles. The van der Waals surface area contributed by atoms with E-state index >= 15 is 0 Å². The van der Waals surface area contributed by atoms with E-state index in [1.54, 1.807) is 18.5 Å². The van der Waals surface area contributed by atoms with Gasteiger partial charge in [-0.1, -0.05) is 42.5 Å². The summed E-state index contributed by atoms with van der Waals surface area (Å²) in [6.45, 7) is 0.238. The molecule has 4 aromatic rings. The molecule has 1 amide bonds. The highest BCUT2D eigenvalue weighted by molar-refractivity contribution is 5.95. The molecule has 138 valence electrons. The van der Waals surface area contributed by atoms with Crippen molar-refractivity contribution in [2.45, 2.75) is 13.1 Å². The molecule has 0 spiro atoms. The molecule has 0 saturated heterocycles. The van der Waals surface area contributed by atoms with Crippen LogP contribution in [-0.4, -0.2) is 20.7 Å². The molecule has 0 atom stereocenters. The Kier molecular flexibility index (Phi) is 4.93. The summed E-state index contributed by atoms with van der Waals surface area (Å²) in [7, 11) is 0. The van der Waals surface area contributed by atoms with Gasteiger partial charge in [0.15, 0.2) is 0 Å². The van der Waals surface area contributed by atoms with Gasteiger partial charge in [0.05, 0.1) is 5.69 Å². The molecule has 0 unspecified atom stereocenters. The lowest BCUT2D eigenvalue weighted by Gasteiger charge is -2.10. The molecule has 2 aromatic carbocycles. The Morgan fingerprint density at radius 2 is 1.71 bits per heavy atom. The molecule has 0 radical (unpaired) electrons. The molecule has 4 rings (SSSR count). The summed E-state index contributed by atoms with van der Waals surface area (Å²) in [5, 5.41) is 9.36. The summed E-state index contributed by atoms with van der Waals surface area (Å²) >= 11 is 0. The highest BCUT2D eigenvalue weighted by atomic mass is 16.2. The van der Waals surface area contributed by atoms with E-state index in [0.29, 0.717) is 12.2 Å². The molecule has 0 bridgehead atoms. The van der Waals surface area contributed by atoms with E-state index in [2.05, 4.69) is 15.4 Å². The first-order chi connectivity index (χ1) is 13.7. The number of fused-ring (bicyclic) bond motifs is 1. The number of hydrogen-bond acceptors (Lipinski definition) is 4. The number of rotatable bonds is 5. The van der Waals surface area contributed by atoms with E-state index in [1.807, 2.05) is 54.6 Å². The SMILES string of the molecule is O=C(Cn1nc(-c2cccc3ccccc23)ccc1=O)NCc1ccncc1. The molecule has 2 heterocycles. The number of nitrogens with zero attached hydrogens (tertiary/aromatic N) is 3. The summed E-state index contributed by atoms with van der Waals surface area (Å²) in [6, 6.07) is 20.7. The van der Waals surface area contributed by atoms with Crippen molar-refractivity contribution in [3.8, 4) is 11.3 Å². The average molecular weight is 370 g/mol. The smallest absolute Gasteiger partial charge is 0.267 e. The van der Waals surface area contributed by atoms with Crippen LogP contribution in [0.4, 0.5) is 0 Å². The van der Waals surface area contributed by atoms with Crippen molar-refractivity contribution in [1.82, 2.24) is 20.1 Å². The molecular weight excluding hydrogens is 352 g/mol. The van der Waals surface area contributed by atoms with E-state index in [-0.39, 0.29) is 18.0 Å². The van der Waals surface area contributed by atoms with Gasteiger partial charge in [0.2, 0.25) is 5.91 Å². The maximum atomic E-state index is 12.3. The van der Waals surface area contributed by atoms with Crippen LogP contribution in [-0.2, 0) is 17.9 Å². The Bertz CT molecular complexity index is 1180. The molecule has 0 aliphatic heterocycles. The Balaban J connectivity index is 1.57. The van der Waals surface area contributed by atoms with Crippen molar-refractivity contribution >= 4 is 16.7 Å². The maximum absolute atomic E-state index is 12.3. The average Bonchev–Trinajstić information content (AvgIpc) is 2.74. The second kappa shape index (κ2) is 7.84.